The van der Waals surface area contributed by atoms with E-state index in [1.54, 1.807) is 6.92 Å². The summed E-state index contributed by atoms with van der Waals surface area (Å²) in [4.78, 5) is 11.7. The van der Waals surface area contributed by atoms with Gasteiger partial charge in [0, 0.05) is 10.9 Å². The Labute approximate surface area is 117 Å². The van der Waals surface area contributed by atoms with Gasteiger partial charge in [-0.15, -0.1) is 0 Å². The lowest BCUT2D eigenvalue weighted by Gasteiger charge is -2.22. The van der Waals surface area contributed by atoms with Crippen LogP contribution >= 0.6 is 11.6 Å². The summed E-state index contributed by atoms with van der Waals surface area (Å²) in [6.07, 6.45) is 0. The van der Waals surface area contributed by atoms with E-state index in [2.05, 4.69) is 0 Å². The van der Waals surface area contributed by atoms with E-state index in [1.165, 1.54) is 0 Å². The monoisotopic (exact) mass is 280 g/mol. The highest BCUT2D eigenvalue weighted by molar-refractivity contribution is 6.36. The molecule has 0 fully saturated rings. The number of fused-ring (bicyclic) bond motifs is 1. The molecule has 0 aliphatic rings. The highest BCUT2D eigenvalue weighted by Crippen LogP contribution is 2.35. The lowest BCUT2D eigenvalue weighted by Crippen LogP contribution is -2.23. The molecule has 1 aromatic heterocycles. The van der Waals surface area contributed by atoms with E-state index in [-0.39, 0.29) is 11.2 Å². The van der Waals surface area contributed by atoms with Crippen molar-refractivity contribution in [3.63, 3.8) is 0 Å². The molecule has 0 unspecified atom stereocenters. The van der Waals surface area contributed by atoms with Gasteiger partial charge in [0.2, 0.25) is 0 Å². The molecule has 0 atom stereocenters. The second kappa shape index (κ2) is 4.57. The van der Waals surface area contributed by atoms with Crippen LogP contribution in [-0.4, -0.2) is 5.60 Å². The number of hydrogen-bond acceptors (Lipinski definition) is 3. The molecule has 3 nitrogen and oxygen atoms in total. The number of benzene rings is 1. The zero-order chi connectivity index (χ0) is 14.4. The first-order valence-corrected chi connectivity index (χ1v) is 6.50. The molecule has 0 spiro atoms. The van der Waals surface area contributed by atoms with Gasteiger partial charge in [-0.3, -0.25) is 0 Å². The summed E-state index contributed by atoms with van der Waals surface area (Å²) < 4.78 is 11.0. The summed E-state index contributed by atoms with van der Waals surface area (Å²) in [5, 5.41) is 1.18. The van der Waals surface area contributed by atoms with Crippen LogP contribution in [0.25, 0.3) is 11.0 Å². The Morgan fingerprint density at radius 3 is 2.37 bits per heavy atom. The fourth-order valence-corrected chi connectivity index (χ4v) is 2.11. The normalized spacial score (nSPS) is 11.9. The summed E-state index contributed by atoms with van der Waals surface area (Å²) in [5.41, 5.74) is 1.15. The summed E-state index contributed by atoms with van der Waals surface area (Å²) in [7, 11) is 0. The largest absolute Gasteiger partial charge is 0.486 e. The van der Waals surface area contributed by atoms with Gasteiger partial charge in [0.15, 0.2) is 5.58 Å². The minimum atomic E-state index is -0.364. The summed E-state index contributed by atoms with van der Waals surface area (Å²) in [6, 6.07) is 3.68. The van der Waals surface area contributed by atoms with E-state index < -0.39 is 0 Å². The molecule has 0 aliphatic carbocycles. The van der Waals surface area contributed by atoms with Gasteiger partial charge < -0.3 is 9.15 Å². The molecule has 2 rings (SSSR count). The zero-order valence-electron chi connectivity index (χ0n) is 11.8. The topological polar surface area (TPSA) is 39.4 Å². The minimum absolute atomic E-state index is 0.340. The molecule has 19 heavy (non-hydrogen) atoms. The maximum atomic E-state index is 11.7. The predicted molar refractivity (Wildman–Crippen MR) is 77.3 cm³/mol. The van der Waals surface area contributed by atoms with E-state index in [9.17, 15) is 4.79 Å². The Morgan fingerprint density at radius 1 is 1.16 bits per heavy atom. The lowest BCUT2D eigenvalue weighted by molar-refractivity contribution is 0.131. The fraction of sp³-hybridized carbons (Fsp3) is 0.400. The van der Waals surface area contributed by atoms with Crippen LogP contribution in [0.15, 0.2) is 21.3 Å². The summed E-state index contributed by atoms with van der Waals surface area (Å²) in [5.74, 6) is 0.521. The lowest BCUT2D eigenvalue weighted by atomic mass is 10.1. The van der Waals surface area contributed by atoms with Crippen LogP contribution in [0.3, 0.4) is 0 Å². The molecule has 0 bridgehead atoms. The zero-order valence-corrected chi connectivity index (χ0v) is 12.5. The van der Waals surface area contributed by atoms with Crippen molar-refractivity contribution in [2.75, 3.05) is 0 Å². The molecule has 2 aromatic rings. The van der Waals surface area contributed by atoms with E-state index in [0.717, 1.165) is 10.9 Å². The maximum absolute atomic E-state index is 11.7. The predicted octanol–water partition coefficient (Wildman–Crippen LogP) is 4.24. The highest BCUT2D eigenvalue weighted by atomic mass is 35.5. The van der Waals surface area contributed by atoms with E-state index in [4.69, 9.17) is 20.8 Å². The molecule has 102 valence electrons. The summed E-state index contributed by atoms with van der Waals surface area (Å²) >= 11 is 6.29. The number of hydrogen-bond donors (Lipinski definition) is 0. The van der Waals surface area contributed by atoms with Crippen LogP contribution in [0.5, 0.6) is 5.75 Å². The first kappa shape index (κ1) is 13.9. The Balaban J connectivity index is 2.72. The minimum Gasteiger partial charge on any atom is -0.486 e. The SMILES string of the molecule is Cc1c(C)c2ccc(OC(C)(C)C)c(Cl)c2oc1=O. The van der Waals surface area contributed by atoms with Gasteiger partial charge in [-0.1, -0.05) is 11.6 Å². The molecule has 0 aliphatic heterocycles. The molecule has 0 saturated carbocycles. The van der Waals surface area contributed by atoms with Gasteiger partial charge in [0.1, 0.15) is 16.4 Å². The van der Waals surface area contributed by atoms with Gasteiger partial charge in [0.05, 0.1) is 0 Å². The van der Waals surface area contributed by atoms with Gasteiger partial charge >= 0.3 is 5.63 Å². The third-order valence-corrected chi connectivity index (χ3v) is 3.30. The molecule has 0 radical (unpaired) electrons. The van der Waals surface area contributed by atoms with Crippen molar-refractivity contribution in [2.45, 2.75) is 40.2 Å². The van der Waals surface area contributed by atoms with Crippen molar-refractivity contribution < 1.29 is 9.15 Å². The molecule has 1 heterocycles. The second-order valence-corrected chi connectivity index (χ2v) is 5.99. The highest BCUT2D eigenvalue weighted by Gasteiger charge is 2.18. The van der Waals surface area contributed by atoms with Gasteiger partial charge in [0.25, 0.3) is 0 Å². The molecule has 4 heteroatoms. The van der Waals surface area contributed by atoms with Crippen LogP contribution in [0.2, 0.25) is 5.02 Å². The third kappa shape index (κ3) is 2.61. The molecule has 0 saturated heterocycles. The maximum Gasteiger partial charge on any atom is 0.339 e. The number of ether oxygens (including phenoxy) is 1. The Morgan fingerprint density at radius 2 is 1.79 bits per heavy atom. The first-order valence-electron chi connectivity index (χ1n) is 6.12. The van der Waals surface area contributed by atoms with E-state index in [1.807, 2.05) is 39.8 Å². The smallest absolute Gasteiger partial charge is 0.339 e. The van der Waals surface area contributed by atoms with Crippen molar-refractivity contribution in [1.29, 1.82) is 0 Å². The van der Waals surface area contributed by atoms with Gasteiger partial charge in [-0.2, -0.15) is 0 Å². The Bertz CT molecular complexity index is 693. The average molecular weight is 281 g/mol. The van der Waals surface area contributed by atoms with Gasteiger partial charge in [-0.25, -0.2) is 4.79 Å². The number of rotatable bonds is 1. The van der Waals surface area contributed by atoms with E-state index >= 15 is 0 Å². The van der Waals surface area contributed by atoms with Crippen LogP contribution in [0.1, 0.15) is 31.9 Å². The Hall–Kier alpha value is -1.48. The molecular weight excluding hydrogens is 264 g/mol. The van der Waals surface area contributed by atoms with Crippen molar-refractivity contribution in [3.8, 4) is 5.75 Å². The first-order chi connectivity index (χ1) is 8.70. The Kier molecular flexibility index (Phi) is 3.35. The summed E-state index contributed by atoms with van der Waals surface area (Å²) in [6.45, 7) is 9.43. The number of aryl methyl sites for hydroxylation is 1. The molecule has 0 amide bonds. The molecular formula is C15H17ClO3. The third-order valence-electron chi connectivity index (χ3n) is 2.95. The van der Waals surface area contributed by atoms with Crippen LogP contribution < -0.4 is 10.4 Å². The quantitative estimate of drug-likeness (QED) is 0.734. The van der Waals surface area contributed by atoms with Crippen LogP contribution in [-0.2, 0) is 0 Å². The molecule has 0 N–H and O–H groups in total. The van der Waals surface area contributed by atoms with Crippen LogP contribution in [0, 0.1) is 13.8 Å². The van der Waals surface area contributed by atoms with Crippen molar-refractivity contribution in [3.05, 3.63) is 38.7 Å². The van der Waals surface area contributed by atoms with E-state index in [0.29, 0.717) is 21.9 Å². The van der Waals surface area contributed by atoms with Crippen molar-refractivity contribution >= 4 is 22.6 Å². The number of halogens is 1. The molecule has 1 aromatic carbocycles. The average Bonchev–Trinajstić information content (AvgIpc) is 2.29. The van der Waals surface area contributed by atoms with Crippen LogP contribution in [0.4, 0.5) is 0 Å². The van der Waals surface area contributed by atoms with Crippen molar-refractivity contribution in [2.24, 2.45) is 0 Å². The van der Waals surface area contributed by atoms with Gasteiger partial charge in [-0.05, 0) is 52.3 Å². The standard InChI is InChI=1S/C15H17ClO3/c1-8-9(2)14(17)18-13-10(8)6-7-11(12(13)16)19-15(3,4)5/h6-7H,1-5H3. The second-order valence-electron chi connectivity index (χ2n) is 5.61. The fourth-order valence-electron chi connectivity index (χ4n) is 1.87. The van der Waals surface area contributed by atoms with Crippen molar-refractivity contribution in [1.82, 2.24) is 0 Å².